The van der Waals surface area contributed by atoms with E-state index in [2.05, 4.69) is 10.5 Å². The van der Waals surface area contributed by atoms with E-state index in [-0.39, 0.29) is 0 Å². The second-order valence-corrected chi connectivity index (χ2v) is 2.54. The van der Waals surface area contributed by atoms with Crippen molar-refractivity contribution in [3.05, 3.63) is 23.8 Å². The molecule has 0 atom stereocenters. The fourth-order valence-corrected chi connectivity index (χ4v) is 1.14. The highest BCUT2D eigenvalue weighted by atomic mass is 15.3. The van der Waals surface area contributed by atoms with Gasteiger partial charge in [0, 0.05) is 18.3 Å². The average molecular weight is 147 g/mol. The summed E-state index contributed by atoms with van der Waals surface area (Å²) in [7, 11) is 0. The van der Waals surface area contributed by atoms with Crippen LogP contribution in [0.1, 0.15) is 5.56 Å². The lowest BCUT2D eigenvalue weighted by molar-refractivity contribution is 1.21. The normalized spacial score (nSPS) is 13.8. The first-order valence-electron chi connectivity index (χ1n) is 3.52. The minimum absolute atomic E-state index is 0.772. The monoisotopic (exact) mass is 147 g/mol. The van der Waals surface area contributed by atoms with Gasteiger partial charge in [0.25, 0.3) is 0 Å². The number of anilines is 2. The quantitative estimate of drug-likeness (QED) is 0.542. The Morgan fingerprint density at radius 3 is 3.27 bits per heavy atom. The van der Waals surface area contributed by atoms with Crippen molar-refractivity contribution in [1.29, 1.82) is 0 Å². The van der Waals surface area contributed by atoms with Crippen molar-refractivity contribution in [2.75, 3.05) is 11.2 Å². The molecule has 0 aliphatic carbocycles. The molecule has 11 heavy (non-hydrogen) atoms. The zero-order chi connectivity index (χ0) is 7.68. The van der Waals surface area contributed by atoms with E-state index >= 15 is 0 Å². The zero-order valence-electron chi connectivity index (χ0n) is 6.04. The van der Waals surface area contributed by atoms with Gasteiger partial charge in [-0.25, -0.2) is 0 Å². The molecule has 2 rings (SSSR count). The summed E-state index contributed by atoms with van der Waals surface area (Å²) in [6.45, 7) is 0. The molecule has 0 spiro atoms. The van der Waals surface area contributed by atoms with E-state index in [0.717, 1.165) is 17.8 Å². The molecule has 1 aliphatic rings. The summed E-state index contributed by atoms with van der Waals surface area (Å²) >= 11 is 0. The molecular formula is C8H9N3. The number of fused-ring (bicyclic) bond motifs is 1. The lowest BCUT2D eigenvalue weighted by atomic mass is 10.1. The third kappa shape index (κ3) is 1.05. The van der Waals surface area contributed by atoms with E-state index in [1.807, 2.05) is 24.4 Å². The van der Waals surface area contributed by atoms with Crippen molar-refractivity contribution < 1.29 is 0 Å². The maximum absolute atomic E-state index is 5.59. The molecule has 3 N–H and O–H groups in total. The highest BCUT2D eigenvalue weighted by Crippen LogP contribution is 2.21. The summed E-state index contributed by atoms with van der Waals surface area (Å²) in [5.41, 5.74) is 11.5. The van der Waals surface area contributed by atoms with E-state index in [4.69, 9.17) is 5.73 Å². The Morgan fingerprint density at radius 2 is 2.36 bits per heavy atom. The van der Waals surface area contributed by atoms with Crippen molar-refractivity contribution in [2.24, 2.45) is 5.10 Å². The molecule has 1 aliphatic heterocycles. The maximum Gasteiger partial charge on any atom is 0.0617 e. The van der Waals surface area contributed by atoms with Gasteiger partial charge >= 0.3 is 0 Å². The van der Waals surface area contributed by atoms with Crippen molar-refractivity contribution in [2.45, 2.75) is 6.42 Å². The molecule has 0 radical (unpaired) electrons. The average Bonchev–Trinajstić information content (AvgIpc) is 2.04. The highest BCUT2D eigenvalue weighted by Gasteiger charge is 2.03. The fraction of sp³-hybridized carbons (Fsp3) is 0.125. The van der Waals surface area contributed by atoms with Gasteiger partial charge in [-0.05, 0) is 17.7 Å². The number of rotatable bonds is 0. The SMILES string of the molecule is Nc1ccc2c(c1)NN=CC2. The summed E-state index contributed by atoms with van der Waals surface area (Å²) in [4.78, 5) is 0. The van der Waals surface area contributed by atoms with Crippen LogP contribution in [0.4, 0.5) is 11.4 Å². The molecule has 0 bridgehead atoms. The van der Waals surface area contributed by atoms with Crippen molar-refractivity contribution in [3.63, 3.8) is 0 Å². The predicted molar refractivity (Wildman–Crippen MR) is 46.7 cm³/mol. The number of hydrazone groups is 1. The van der Waals surface area contributed by atoms with Crippen LogP contribution in [0.15, 0.2) is 23.3 Å². The van der Waals surface area contributed by atoms with Crippen LogP contribution < -0.4 is 11.2 Å². The molecule has 0 saturated carbocycles. The summed E-state index contributed by atoms with van der Waals surface area (Å²) in [6.07, 6.45) is 2.74. The van der Waals surface area contributed by atoms with Crippen LogP contribution in [0.25, 0.3) is 0 Å². The van der Waals surface area contributed by atoms with Crippen LogP contribution in [0.5, 0.6) is 0 Å². The zero-order valence-corrected chi connectivity index (χ0v) is 6.04. The molecular weight excluding hydrogens is 138 g/mol. The van der Waals surface area contributed by atoms with Gasteiger partial charge in [0.2, 0.25) is 0 Å². The number of hydrogen-bond acceptors (Lipinski definition) is 3. The van der Waals surface area contributed by atoms with E-state index in [1.54, 1.807) is 0 Å². The Kier molecular flexibility index (Phi) is 1.28. The molecule has 3 nitrogen and oxygen atoms in total. The molecule has 0 amide bonds. The van der Waals surface area contributed by atoms with E-state index in [1.165, 1.54) is 5.56 Å². The minimum Gasteiger partial charge on any atom is -0.399 e. The first kappa shape index (κ1) is 6.22. The standard InChI is InChI=1S/C8H9N3/c9-7-2-1-6-3-4-10-11-8(6)5-7/h1-2,4-5,11H,3,9H2. The van der Waals surface area contributed by atoms with Gasteiger partial charge in [-0.3, -0.25) is 5.43 Å². The smallest absolute Gasteiger partial charge is 0.0617 e. The van der Waals surface area contributed by atoms with Gasteiger partial charge in [0.05, 0.1) is 5.69 Å². The van der Waals surface area contributed by atoms with Gasteiger partial charge in [-0.15, -0.1) is 0 Å². The summed E-state index contributed by atoms with van der Waals surface area (Å²) in [5, 5.41) is 3.93. The third-order valence-corrected chi connectivity index (χ3v) is 1.72. The van der Waals surface area contributed by atoms with Crippen molar-refractivity contribution in [1.82, 2.24) is 0 Å². The molecule has 3 heteroatoms. The molecule has 1 aromatic rings. The molecule has 0 aromatic heterocycles. The topological polar surface area (TPSA) is 50.4 Å². The summed E-state index contributed by atoms with van der Waals surface area (Å²) < 4.78 is 0. The van der Waals surface area contributed by atoms with Crippen LogP contribution in [0.3, 0.4) is 0 Å². The summed E-state index contributed by atoms with van der Waals surface area (Å²) in [6, 6.07) is 5.81. The van der Waals surface area contributed by atoms with Crippen LogP contribution in [0.2, 0.25) is 0 Å². The minimum atomic E-state index is 0.772. The summed E-state index contributed by atoms with van der Waals surface area (Å²) in [5.74, 6) is 0. The number of nitrogens with zero attached hydrogens (tertiary/aromatic N) is 1. The number of nitrogens with two attached hydrogens (primary N) is 1. The van der Waals surface area contributed by atoms with Crippen LogP contribution in [-0.2, 0) is 6.42 Å². The van der Waals surface area contributed by atoms with E-state index in [9.17, 15) is 0 Å². The molecule has 56 valence electrons. The predicted octanol–water partition coefficient (Wildman–Crippen LogP) is 1.22. The largest absolute Gasteiger partial charge is 0.399 e. The number of nitrogen functional groups attached to an aromatic ring is 1. The first-order chi connectivity index (χ1) is 5.36. The lowest BCUT2D eigenvalue weighted by Gasteiger charge is -2.11. The number of nitrogens with one attached hydrogen (secondary N) is 1. The van der Waals surface area contributed by atoms with Crippen LogP contribution >= 0.6 is 0 Å². The molecule has 1 aromatic carbocycles. The van der Waals surface area contributed by atoms with E-state index in [0.29, 0.717) is 0 Å². The molecule has 1 heterocycles. The van der Waals surface area contributed by atoms with Crippen LogP contribution in [0, 0.1) is 0 Å². The third-order valence-electron chi connectivity index (χ3n) is 1.72. The Morgan fingerprint density at radius 1 is 1.45 bits per heavy atom. The molecule has 0 saturated heterocycles. The Hall–Kier alpha value is -1.51. The highest BCUT2D eigenvalue weighted by molar-refractivity contribution is 5.73. The lowest BCUT2D eigenvalue weighted by Crippen LogP contribution is -2.03. The van der Waals surface area contributed by atoms with Gasteiger partial charge in [0.15, 0.2) is 0 Å². The van der Waals surface area contributed by atoms with Crippen LogP contribution in [-0.4, -0.2) is 6.21 Å². The van der Waals surface area contributed by atoms with Crippen molar-refractivity contribution >= 4 is 17.6 Å². The first-order valence-corrected chi connectivity index (χ1v) is 3.52. The Labute approximate surface area is 64.9 Å². The molecule has 0 unspecified atom stereocenters. The van der Waals surface area contributed by atoms with Gasteiger partial charge in [-0.1, -0.05) is 6.07 Å². The van der Waals surface area contributed by atoms with Gasteiger partial charge < -0.3 is 5.73 Å². The maximum atomic E-state index is 5.59. The molecule has 0 fully saturated rings. The Bertz CT molecular complexity index is 304. The number of hydrogen-bond donors (Lipinski definition) is 2. The van der Waals surface area contributed by atoms with Gasteiger partial charge in [-0.2, -0.15) is 5.10 Å². The van der Waals surface area contributed by atoms with E-state index < -0.39 is 0 Å². The second kappa shape index (κ2) is 2.27. The fourth-order valence-electron chi connectivity index (χ4n) is 1.14. The second-order valence-electron chi connectivity index (χ2n) is 2.54. The Balaban J connectivity index is 2.48. The van der Waals surface area contributed by atoms with Crippen molar-refractivity contribution in [3.8, 4) is 0 Å². The number of benzene rings is 1. The van der Waals surface area contributed by atoms with Gasteiger partial charge in [0.1, 0.15) is 0 Å².